The summed E-state index contributed by atoms with van der Waals surface area (Å²) in [5, 5.41) is 6.86. The van der Waals surface area contributed by atoms with Gasteiger partial charge in [-0.25, -0.2) is 0 Å². The smallest absolute Gasteiger partial charge is 0.191 e. The number of hydrogen-bond donors (Lipinski definition) is 2. The van der Waals surface area contributed by atoms with E-state index < -0.39 is 0 Å². The van der Waals surface area contributed by atoms with E-state index in [2.05, 4.69) is 44.8 Å². The summed E-state index contributed by atoms with van der Waals surface area (Å²) in [6.07, 6.45) is 2.71. The van der Waals surface area contributed by atoms with Crippen LogP contribution in [0.5, 0.6) is 0 Å². The Morgan fingerprint density at radius 1 is 1.17 bits per heavy atom. The molecule has 0 amide bonds. The summed E-state index contributed by atoms with van der Waals surface area (Å²) in [6.45, 7) is 6.57. The summed E-state index contributed by atoms with van der Waals surface area (Å²) in [5.74, 6) is 1.75. The van der Waals surface area contributed by atoms with Crippen molar-refractivity contribution in [3.8, 4) is 0 Å². The first-order chi connectivity index (χ1) is 11.3. The third-order valence-electron chi connectivity index (χ3n) is 4.54. The number of aliphatic imine (C=N–C) groups is 1. The molecule has 1 heterocycles. The Labute approximate surface area is 162 Å². The molecule has 0 bridgehead atoms. The molecule has 2 aliphatic rings. The Morgan fingerprint density at radius 3 is 2.54 bits per heavy atom. The van der Waals surface area contributed by atoms with Gasteiger partial charge < -0.3 is 15.4 Å². The molecule has 24 heavy (non-hydrogen) atoms. The SMILES string of the molecule is CN=C(NCc1ccccc1CN1CCOCC1)NCC1CC1.I. The Morgan fingerprint density at radius 2 is 1.88 bits per heavy atom. The number of ether oxygens (including phenoxy) is 1. The molecular formula is C18H29IN4O. The number of nitrogens with one attached hydrogen (secondary N) is 2. The third kappa shape index (κ3) is 6.22. The van der Waals surface area contributed by atoms with Crippen LogP contribution in [0.1, 0.15) is 24.0 Å². The molecule has 1 saturated heterocycles. The lowest BCUT2D eigenvalue weighted by atomic mass is 10.1. The summed E-state index contributed by atoms with van der Waals surface area (Å²) < 4.78 is 5.43. The van der Waals surface area contributed by atoms with Gasteiger partial charge in [0.05, 0.1) is 13.2 Å². The number of morpholine rings is 1. The normalized spacial score (nSPS) is 18.8. The minimum absolute atomic E-state index is 0. The fourth-order valence-electron chi connectivity index (χ4n) is 2.85. The molecule has 0 unspecified atom stereocenters. The van der Waals surface area contributed by atoms with Crippen LogP contribution in [0.3, 0.4) is 0 Å². The van der Waals surface area contributed by atoms with Gasteiger partial charge in [0, 0.05) is 39.8 Å². The molecule has 2 N–H and O–H groups in total. The van der Waals surface area contributed by atoms with Gasteiger partial charge in [0.1, 0.15) is 0 Å². The average Bonchev–Trinajstić information content (AvgIpc) is 3.42. The van der Waals surface area contributed by atoms with E-state index in [0.29, 0.717) is 0 Å². The minimum atomic E-state index is 0. The van der Waals surface area contributed by atoms with Crippen molar-refractivity contribution < 1.29 is 4.74 Å². The van der Waals surface area contributed by atoms with Gasteiger partial charge >= 0.3 is 0 Å². The number of hydrogen-bond acceptors (Lipinski definition) is 3. The van der Waals surface area contributed by atoms with E-state index in [1.165, 1.54) is 24.0 Å². The van der Waals surface area contributed by atoms with Crippen LogP contribution in [0.15, 0.2) is 29.3 Å². The number of guanidine groups is 1. The first-order valence-electron chi connectivity index (χ1n) is 8.66. The third-order valence-corrected chi connectivity index (χ3v) is 4.54. The molecule has 0 radical (unpaired) electrons. The average molecular weight is 444 g/mol. The maximum Gasteiger partial charge on any atom is 0.191 e. The van der Waals surface area contributed by atoms with Gasteiger partial charge in [-0.15, -0.1) is 24.0 Å². The van der Waals surface area contributed by atoms with Crippen LogP contribution in [0.25, 0.3) is 0 Å². The second kappa shape index (κ2) is 10.2. The van der Waals surface area contributed by atoms with Gasteiger partial charge in [0.2, 0.25) is 0 Å². The quantitative estimate of drug-likeness (QED) is 0.402. The Hall–Kier alpha value is -0.860. The van der Waals surface area contributed by atoms with Crippen molar-refractivity contribution >= 4 is 29.9 Å². The molecule has 0 aromatic heterocycles. The van der Waals surface area contributed by atoms with Crippen molar-refractivity contribution in [3.05, 3.63) is 35.4 Å². The van der Waals surface area contributed by atoms with Crippen molar-refractivity contribution in [2.45, 2.75) is 25.9 Å². The monoisotopic (exact) mass is 444 g/mol. The number of rotatable bonds is 6. The Balaban J connectivity index is 0.00000208. The number of benzene rings is 1. The van der Waals surface area contributed by atoms with E-state index in [9.17, 15) is 0 Å². The molecule has 134 valence electrons. The van der Waals surface area contributed by atoms with Crippen molar-refractivity contribution in [3.63, 3.8) is 0 Å². The van der Waals surface area contributed by atoms with Gasteiger partial charge in [-0.3, -0.25) is 9.89 Å². The van der Waals surface area contributed by atoms with Crippen LogP contribution < -0.4 is 10.6 Å². The van der Waals surface area contributed by atoms with E-state index in [-0.39, 0.29) is 24.0 Å². The van der Waals surface area contributed by atoms with Crippen LogP contribution in [-0.2, 0) is 17.8 Å². The molecule has 2 fully saturated rings. The second-order valence-corrected chi connectivity index (χ2v) is 6.41. The molecule has 5 nitrogen and oxygen atoms in total. The van der Waals surface area contributed by atoms with Gasteiger partial charge in [-0.05, 0) is 29.9 Å². The second-order valence-electron chi connectivity index (χ2n) is 6.41. The molecule has 6 heteroatoms. The molecular weight excluding hydrogens is 415 g/mol. The summed E-state index contributed by atoms with van der Waals surface area (Å²) in [7, 11) is 1.84. The number of nitrogens with zero attached hydrogens (tertiary/aromatic N) is 2. The first kappa shape index (κ1) is 19.5. The summed E-state index contributed by atoms with van der Waals surface area (Å²) >= 11 is 0. The van der Waals surface area contributed by atoms with Crippen molar-refractivity contribution in [1.82, 2.24) is 15.5 Å². The Kier molecular flexibility index (Phi) is 8.28. The maximum atomic E-state index is 5.43. The van der Waals surface area contributed by atoms with Crippen LogP contribution >= 0.6 is 24.0 Å². The highest BCUT2D eigenvalue weighted by molar-refractivity contribution is 14.0. The van der Waals surface area contributed by atoms with Gasteiger partial charge in [-0.1, -0.05) is 24.3 Å². The minimum Gasteiger partial charge on any atom is -0.379 e. The predicted molar refractivity (Wildman–Crippen MR) is 109 cm³/mol. The maximum absolute atomic E-state index is 5.43. The van der Waals surface area contributed by atoms with Crippen molar-refractivity contribution in [2.75, 3.05) is 39.9 Å². The van der Waals surface area contributed by atoms with Crippen molar-refractivity contribution in [1.29, 1.82) is 0 Å². The van der Waals surface area contributed by atoms with E-state index >= 15 is 0 Å². The highest BCUT2D eigenvalue weighted by atomic mass is 127. The van der Waals surface area contributed by atoms with Crippen LogP contribution in [0.4, 0.5) is 0 Å². The van der Waals surface area contributed by atoms with E-state index in [4.69, 9.17) is 4.74 Å². The van der Waals surface area contributed by atoms with Crippen LogP contribution in [0, 0.1) is 5.92 Å². The van der Waals surface area contributed by atoms with Gasteiger partial charge in [0.15, 0.2) is 5.96 Å². The van der Waals surface area contributed by atoms with E-state index in [1.807, 2.05) is 7.05 Å². The standard InChI is InChI=1S/C18H28N4O.HI/c1-19-18(20-12-15-6-7-15)21-13-16-4-2-3-5-17(16)14-22-8-10-23-11-9-22;/h2-5,15H,6-14H2,1H3,(H2,19,20,21);1H. The summed E-state index contributed by atoms with van der Waals surface area (Å²) in [6, 6.07) is 8.67. The lowest BCUT2D eigenvalue weighted by molar-refractivity contribution is 0.0341. The molecule has 1 aliphatic heterocycles. The van der Waals surface area contributed by atoms with Crippen molar-refractivity contribution in [2.24, 2.45) is 10.9 Å². The fourth-order valence-corrected chi connectivity index (χ4v) is 2.85. The molecule has 1 aliphatic carbocycles. The summed E-state index contributed by atoms with van der Waals surface area (Å²) in [5.41, 5.74) is 2.73. The predicted octanol–water partition coefficient (Wildman–Crippen LogP) is 2.21. The summed E-state index contributed by atoms with van der Waals surface area (Å²) in [4.78, 5) is 6.78. The molecule has 3 rings (SSSR count). The fraction of sp³-hybridized carbons (Fsp3) is 0.611. The van der Waals surface area contributed by atoms with Crippen LogP contribution in [-0.4, -0.2) is 50.8 Å². The number of halogens is 1. The molecule has 1 aromatic rings. The zero-order chi connectivity index (χ0) is 15.9. The largest absolute Gasteiger partial charge is 0.379 e. The zero-order valence-electron chi connectivity index (χ0n) is 14.5. The molecule has 1 saturated carbocycles. The highest BCUT2D eigenvalue weighted by Gasteiger charge is 2.21. The highest BCUT2D eigenvalue weighted by Crippen LogP contribution is 2.27. The van der Waals surface area contributed by atoms with Gasteiger partial charge in [0.25, 0.3) is 0 Å². The topological polar surface area (TPSA) is 48.9 Å². The molecule has 1 aromatic carbocycles. The van der Waals surface area contributed by atoms with E-state index in [1.54, 1.807) is 0 Å². The molecule has 0 atom stereocenters. The zero-order valence-corrected chi connectivity index (χ0v) is 16.8. The van der Waals surface area contributed by atoms with Gasteiger partial charge in [-0.2, -0.15) is 0 Å². The lowest BCUT2D eigenvalue weighted by Gasteiger charge is -2.27. The Bertz CT molecular complexity index is 528. The first-order valence-corrected chi connectivity index (χ1v) is 8.66. The lowest BCUT2D eigenvalue weighted by Crippen LogP contribution is -2.38. The molecule has 0 spiro atoms. The van der Waals surface area contributed by atoms with E-state index in [0.717, 1.165) is 57.8 Å². The van der Waals surface area contributed by atoms with Crippen LogP contribution in [0.2, 0.25) is 0 Å².